The molecular formula is C12H8F3N3O. The van der Waals surface area contributed by atoms with Gasteiger partial charge in [0.05, 0.1) is 23.4 Å². The van der Waals surface area contributed by atoms with Crippen molar-refractivity contribution in [3.63, 3.8) is 0 Å². The number of nitriles is 2. The Bertz CT molecular complexity index is 541. The summed E-state index contributed by atoms with van der Waals surface area (Å²) in [5, 5.41) is 24.4. The summed E-state index contributed by atoms with van der Waals surface area (Å²) in [4.78, 5) is 0. The Morgan fingerprint density at radius 3 is 2.47 bits per heavy atom. The van der Waals surface area contributed by atoms with Crippen LogP contribution in [0.5, 0.6) is 5.75 Å². The van der Waals surface area contributed by atoms with Gasteiger partial charge in [-0.1, -0.05) is 6.07 Å². The second kappa shape index (κ2) is 5.87. The van der Waals surface area contributed by atoms with Crippen molar-refractivity contribution in [3.8, 4) is 17.9 Å². The van der Waals surface area contributed by atoms with Crippen LogP contribution in [0.25, 0.3) is 0 Å². The lowest BCUT2D eigenvalue weighted by Gasteiger charge is -2.10. The first-order chi connectivity index (χ1) is 8.88. The Morgan fingerprint density at radius 2 is 1.95 bits per heavy atom. The first-order valence-electron chi connectivity index (χ1n) is 5.05. The normalized spacial score (nSPS) is 10.6. The molecule has 0 aliphatic rings. The fourth-order valence-electron chi connectivity index (χ4n) is 1.19. The molecule has 0 atom stereocenters. The van der Waals surface area contributed by atoms with Gasteiger partial charge >= 0.3 is 6.18 Å². The van der Waals surface area contributed by atoms with Crippen molar-refractivity contribution in [2.24, 2.45) is 5.92 Å². The molecular weight excluding hydrogens is 259 g/mol. The van der Waals surface area contributed by atoms with Gasteiger partial charge in [0, 0.05) is 0 Å². The third-order valence-electron chi connectivity index (χ3n) is 2.16. The molecule has 0 aliphatic carbocycles. The van der Waals surface area contributed by atoms with Gasteiger partial charge in [-0.25, -0.2) is 0 Å². The fraction of sp³-hybridized carbons (Fsp3) is 0.250. The Morgan fingerprint density at radius 1 is 1.32 bits per heavy atom. The largest absolute Gasteiger partial charge is 0.488 e. The average Bonchev–Trinajstić information content (AvgIpc) is 2.37. The predicted molar refractivity (Wildman–Crippen MR) is 59.4 cm³/mol. The lowest BCUT2D eigenvalue weighted by molar-refractivity contribution is -0.137. The van der Waals surface area contributed by atoms with Crippen molar-refractivity contribution in [1.82, 2.24) is 0 Å². The van der Waals surface area contributed by atoms with Gasteiger partial charge in [-0.15, -0.1) is 0 Å². The van der Waals surface area contributed by atoms with Gasteiger partial charge in [-0.05, 0) is 18.2 Å². The van der Waals surface area contributed by atoms with Crippen LogP contribution in [0.1, 0.15) is 5.56 Å². The highest BCUT2D eigenvalue weighted by molar-refractivity contribution is 5.89. The van der Waals surface area contributed by atoms with Crippen LogP contribution < -0.4 is 4.74 Å². The second-order valence-corrected chi connectivity index (χ2v) is 3.53. The maximum atomic E-state index is 12.4. The zero-order valence-electron chi connectivity index (χ0n) is 9.53. The first kappa shape index (κ1) is 14.5. The van der Waals surface area contributed by atoms with Gasteiger partial charge < -0.3 is 10.1 Å². The molecule has 7 heteroatoms. The fourth-order valence-corrected chi connectivity index (χ4v) is 1.19. The first-order valence-corrected chi connectivity index (χ1v) is 5.05. The SMILES string of the molecule is N#CC(C#N)C(=N)COc1cccc(C(F)(F)F)c1. The van der Waals surface area contributed by atoms with Gasteiger partial charge in [0.1, 0.15) is 12.4 Å². The van der Waals surface area contributed by atoms with Crippen molar-refractivity contribution in [3.05, 3.63) is 29.8 Å². The molecule has 0 fully saturated rings. The summed E-state index contributed by atoms with van der Waals surface area (Å²) >= 11 is 0. The monoisotopic (exact) mass is 267 g/mol. The smallest absolute Gasteiger partial charge is 0.416 e. The summed E-state index contributed by atoms with van der Waals surface area (Å²) in [5.74, 6) is -1.33. The number of nitrogens with one attached hydrogen (secondary N) is 1. The van der Waals surface area contributed by atoms with E-state index in [1.165, 1.54) is 12.1 Å². The number of ether oxygens (including phenoxy) is 1. The van der Waals surface area contributed by atoms with E-state index >= 15 is 0 Å². The maximum absolute atomic E-state index is 12.4. The molecule has 0 spiro atoms. The van der Waals surface area contributed by atoms with Crippen LogP contribution in [0.2, 0.25) is 0 Å². The van der Waals surface area contributed by atoms with Crippen LogP contribution in [0, 0.1) is 34.0 Å². The van der Waals surface area contributed by atoms with Crippen molar-refractivity contribution in [1.29, 1.82) is 15.9 Å². The number of alkyl halides is 3. The highest BCUT2D eigenvalue weighted by Gasteiger charge is 2.30. The molecule has 1 aromatic carbocycles. The van der Waals surface area contributed by atoms with Gasteiger partial charge in [-0.2, -0.15) is 23.7 Å². The van der Waals surface area contributed by atoms with Crippen molar-refractivity contribution >= 4 is 5.71 Å². The number of benzene rings is 1. The summed E-state index contributed by atoms with van der Waals surface area (Å²) < 4.78 is 42.2. The van der Waals surface area contributed by atoms with Gasteiger partial charge in [0.25, 0.3) is 0 Å². The van der Waals surface area contributed by atoms with E-state index in [1.54, 1.807) is 12.1 Å². The minimum Gasteiger partial charge on any atom is -0.488 e. The Kier molecular flexibility index (Phi) is 4.49. The average molecular weight is 267 g/mol. The molecule has 98 valence electrons. The van der Waals surface area contributed by atoms with Crippen LogP contribution in [0.4, 0.5) is 13.2 Å². The van der Waals surface area contributed by atoms with Crippen LogP contribution in [0.15, 0.2) is 24.3 Å². The number of halogens is 3. The lowest BCUT2D eigenvalue weighted by atomic mass is 10.1. The highest BCUT2D eigenvalue weighted by atomic mass is 19.4. The molecule has 1 rings (SSSR count). The second-order valence-electron chi connectivity index (χ2n) is 3.53. The summed E-state index contributed by atoms with van der Waals surface area (Å²) in [7, 11) is 0. The zero-order chi connectivity index (χ0) is 14.5. The molecule has 0 unspecified atom stereocenters. The van der Waals surface area contributed by atoms with Crippen LogP contribution >= 0.6 is 0 Å². The van der Waals surface area contributed by atoms with E-state index in [-0.39, 0.29) is 11.5 Å². The third kappa shape index (κ3) is 4.00. The van der Waals surface area contributed by atoms with Gasteiger partial charge in [0.2, 0.25) is 0 Å². The quantitative estimate of drug-likeness (QED) is 0.851. The Hall–Kier alpha value is -2.54. The minimum absolute atomic E-state index is 0.0748. The van der Waals surface area contributed by atoms with E-state index < -0.39 is 24.3 Å². The van der Waals surface area contributed by atoms with Crippen molar-refractivity contribution < 1.29 is 17.9 Å². The molecule has 1 N–H and O–H groups in total. The molecule has 1 aromatic rings. The molecule has 0 saturated carbocycles. The molecule has 0 amide bonds. The number of hydrogen-bond acceptors (Lipinski definition) is 4. The van der Waals surface area contributed by atoms with E-state index in [2.05, 4.69) is 0 Å². The summed E-state index contributed by atoms with van der Waals surface area (Å²) in [6.45, 7) is -0.410. The van der Waals surface area contributed by atoms with Gasteiger partial charge in [0.15, 0.2) is 5.92 Å². The topological polar surface area (TPSA) is 80.7 Å². The van der Waals surface area contributed by atoms with Crippen molar-refractivity contribution in [2.45, 2.75) is 6.18 Å². The Balaban J connectivity index is 2.73. The molecule has 0 heterocycles. The van der Waals surface area contributed by atoms with Crippen LogP contribution in [-0.2, 0) is 6.18 Å². The minimum atomic E-state index is -4.48. The van der Waals surface area contributed by atoms with Crippen LogP contribution in [-0.4, -0.2) is 12.3 Å². The number of rotatable bonds is 4. The molecule has 0 radical (unpaired) electrons. The molecule has 0 bridgehead atoms. The third-order valence-corrected chi connectivity index (χ3v) is 2.16. The van der Waals surface area contributed by atoms with E-state index in [1.807, 2.05) is 0 Å². The van der Waals surface area contributed by atoms with Crippen molar-refractivity contribution in [2.75, 3.05) is 6.61 Å². The molecule has 4 nitrogen and oxygen atoms in total. The lowest BCUT2D eigenvalue weighted by Crippen LogP contribution is -2.18. The number of nitrogens with zero attached hydrogens (tertiary/aromatic N) is 2. The summed E-state index contributed by atoms with van der Waals surface area (Å²) in [6.07, 6.45) is -4.48. The van der Waals surface area contributed by atoms with Crippen LogP contribution in [0.3, 0.4) is 0 Å². The predicted octanol–water partition coefficient (Wildman–Crippen LogP) is 2.77. The summed E-state index contributed by atoms with van der Waals surface area (Å²) in [5.41, 5.74) is -1.17. The maximum Gasteiger partial charge on any atom is 0.416 e. The van der Waals surface area contributed by atoms with E-state index in [9.17, 15) is 13.2 Å². The van der Waals surface area contributed by atoms with Gasteiger partial charge in [-0.3, -0.25) is 0 Å². The molecule has 19 heavy (non-hydrogen) atoms. The zero-order valence-corrected chi connectivity index (χ0v) is 9.53. The van der Waals surface area contributed by atoms with E-state index in [4.69, 9.17) is 20.7 Å². The standard InChI is InChI=1S/C12H8F3N3O/c13-12(14,15)9-2-1-3-10(4-9)19-7-11(18)8(5-16)6-17/h1-4,8,18H,7H2. The molecule has 0 aromatic heterocycles. The summed E-state index contributed by atoms with van der Waals surface area (Å²) in [6, 6.07) is 7.32. The Labute approximate surface area is 107 Å². The number of hydrogen-bond donors (Lipinski definition) is 1. The molecule has 0 saturated heterocycles. The van der Waals surface area contributed by atoms with E-state index in [0.29, 0.717) is 0 Å². The molecule has 0 aliphatic heterocycles. The van der Waals surface area contributed by atoms with E-state index in [0.717, 1.165) is 12.1 Å². The highest BCUT2D eigenvalue weighted by Crippen LogP contribution is 2.31.